The third-order valence-corrected chi connectivity index (χ3v) is 3.43. The van der Waals surface area contributed by atoms with Crippen molar-refractivity contribution < 1.29 is 13.2 Å². The van der Waals surface area contributed by atoms with Gasteiger partial charge in [0.2, 0.25) is 10.0 Å². The van der Waals surface area contributed by atoms with E-state index in [1.165, 1.54) is 0 Å². The van der Waals surface area contributed by atoms with E-state index in [1.807, 2.05) is 26.8 Å². The number of ether oxygens (including phenoxy) is 1. The first-order valence-electron chi connectivity index (χ1n) is 6.38. The van der Waals surface area contributed by atoms with Crippen molar-refractivity contribution >= 4 is 21.4 Å². The Hall–Kier alpha value is -1.47. The number of nitrogens with one attached hydrogen (secondary N) is 2. The highest BCUT2D eigenvalue weighted by molar-refractivity contribution is 7.88. The molecule has 0 bridgehead atoms. The van der Waals surface area contributed by atoms with Crippen LogP contribution in [0.3, 0.4) is 0 Å². The van der Waals surface area contributed by atoms with E-state index in [0.717, 1.165) is 11.9 Å². The molecule has 0 saturated carbocycles. The second-order valence-corrected chi connectivity index (χ2v) is 7.05. The van der Waals surface area contributed by atoms with Crippen LogP contribution >= 0.6 is 0 Å². The molecule has 0 saturated heterocycles. The molecule has 0 aliphatic carbocycles. The fourth-order valence-corrected chi connectivity index (χ4v) is 2.86. The third kappa shape index (κ3) is 5.66. The summed E-state index contributed by atoms with van der Waals surface area (Å²) in [7, 11) is -3.24. The van der Waals surface area contributed by atoms with Crippen molar-refractivity contribution in [3.63, 3.8) is 0 Å². The fourth-order valence-electron chi connectivity index (χ4n) is 1.79. The van der Waals surface area contributed by atoms with E-state index in [9.17, 15) is 8.42 Å². The van der Waals surface area contributed by atoms with Crippen molar-refractivity contribution in [2.75, 3.05) is 30.5 Å². The molecule has 7 heteroatoms. The minimum absolute atomic E-state index is 0.440. The molecule has 0 spiro atoms. The summed E-state index contributed by atoms with van der Waals surface area (Å²) in [5.74, 6) is 0.617. The summed E-state index contributed by atoms with van der Waals surface area (Å²) in [6, 6.07) is 5.38. The number of benzene rings is 1. The lowest BCUT2D eigenvalue weighted by atomic mass is 10.1. The third-order valence-electron chi connectivity index (χ3n) is 2.51. The van der Waals surface area contributed by atoms with Gasteiger partial charge in [0.1, 0.15) is 5.75 Å². The van der Waals surface area contributed by atoms with E-state index in [4.69, 9.17) is 10.5 Å². The minimum atomic E-state index is -3.24. The van der Waals surface area contributed by atoms with Gasteiger partial charge in [-0.2, -0.15) is 0 Å². The minimum Gasteiger partial charge on any atom is -0.492 e. The molecule has 114 valence electrons. The number of hydrogen-bond donors (Lipinski definition) is 3. The highest BCUT2D eigenvalue weighted by atomic mass is 32.2. The molecule has 0 amide bonds. The number of nitrogens with two attached hydrogens (primary N) is 1. The van der Waals surface area contributed by atoms with Crippen LogP contribution in [-0.4, -0.2) is 33.4 Å². The van der Waals surface area contributed by atoms with Gasteiger partial charge in [0.05, 0.1) is 18.6 Å². The van der Waals surface area contributed by atoms with Crippen LogP contribution in [0.15, 0.2) is 18.2 Å². The summed E-state index contributed by atoms with van der Waals surface area (Å²) >= 11 is 0. The van der Waals surface area contributed by atoms with Crippen molar-refractivity contribution in [2.24, 2.45) is 0 Å². The van der Waals surface area contributed by atoms with Gasteiger partial charge in [-0.3, -0.25) is 0 Å². The Morgan fingerprint density at radius 3 is 2.55 bits per heavy atom. The molecular weight excluding hydrogens is 278 g/mol. The topological polar surface area (TPSA) is 93.5 Å². The predicted octanol–water partition coefficient (Wildman–Crippen LogP) is 1.41. The molecule has 0 fully saturated rings. The summed E-state index contributed by atoms with van der Waals surface area (Å²) in [4.78, 5) is 0. The van der Waals surface area contributed by atoms with Gasteiger partial charge >= 0.3 is 0 Å². The second kappa shape index (κ2) is 6.32. The number of nitrogen functional groups attached to an aromatic ring is 1. The predicted molar refractivity (Wildman–Crippen MR) is 82.6 cm³/mol. The lowest BCUT2D eigenvalue weighted by Gasteiger charge is -2.26. The largest absolute Gasteiger partial charge is 0.492 e. The molecule has 1 aromatic carbocycles. The maximum Gasteiger partial charge on any atom is 0.209 e. The zero-order valence-corrected chi connectivity index (χ0v) is 13.2. The van der Waals surface area contributed by atoms with Gasteiger partial charge in [-0.15, -0.1) is 0 Å². The Morgan fingerprint density at radius 1 is 1.35 bits per heavy atom. The molecule has 0 radical (unpaired) electrons. The number of rotatable bonds is 7. The van der Waals surface area contributed by atoms with Crippen LogP contribution in [0, 0.1) is 0 Å². The zero-order chi connectivity index (χ0) is 15.4. The van der Waals surface area contributed by atoms with E-state index in [2.05, 4.69) is 10.0 Å². The maximum atomic E-state index is 11.3. The van der Waals surface area contributed by atoms with Gasteiger partial charge in [-0.25, -0.2) is 13.1 Å². The molecule has 0 unspecified atom stereocenters. The van der Waals surface area contributed by atoms with Gasteiger partial charge in [0.15, 0.2) is 0 Å². The number of anilines is 2. The van der Waals surface area contributed by atoms with E-state index in [-0.39, 0.29) is 0 Å². The van der Waals surface area contributed by atoms with Gasteiger partial charge in [0.25, 0.3) is 0 Å². The van der Waals surface area contributed by atoms with Gasteiger partial charge in [-0.1, -0.05) is 0 Å². The van der Waals surface area contributed by atoms with Crippen molar-refractivity contribution in [2.45, 2.75) is 26.3 Å². The van der Waals surface area contributed by atoms with Crippen molar-refractivity contribution in [3.05, 3.63) is 18.2 Å². The lowest BCUT2D eigenvalue weighted by molar-refractivity contribution is 0.342. The van der Waals surface area contributed by atoms with Crippen LogP contribution < -0.4 is 20.5 Å². The SMILES string of the molecule is CCOc1cc(NCC(C)(C)NS(C)(=O)=O)ccc1N. The molecule has 1 aromatic rings. The molecule has 0 aliphatic heterocycles. The van der Waals surface area contributed by atoms with E-state index < -0.39 is 15.6 Å². The fraction of sp³-hybridized carbons (Fsp3) is 0.538. The van der Waals surface area contributed by atoms with E-state index in [1.54, 1.807) is 12.1 Å². The molecule has 0 aliphatic rings. The van der Waals surface area contributed by atoms with Crippen LogP contribution in [0.4, 0.5) is 11.4 Å². The Kier molecular flexibility index (Phi) is 5.24. The van der Waals surface area contributed by atoms with E-state index >= 15 is 0 Å². The van der Waals surface area contributed by atoms with Gasteiger partial charge in [-0.05, 0) is 32.9 Å². The number of hydrogen-bond acceptors (Lipinski definition) is 5. The highest BCUT2D eigenvalue weighted by Crippen LogP contribution is 2.25. The molecule has 4 N–H and O–H groups in total. The van der Waals surface area contributed by atoms with Crippen LogP contribution in [0.1, 0.15) is 20.8 Å². The zero-order valence-electron chi connectivity index (χ0n) is 12.4. The van der Waals surface area contributed by atoms with Crippen molar-refractivity contribution in [3.8, 4) is 5.75 Å². The molecule has 0 heterocycles. The Labute approximate surface area is 120 Å². The average Bonchev–Trinajstić information content (AvgIpc) is 2.27. The first-order chi connectivity index (χ1) is 9.13. The standard InChI is InChI=1S/C13H23N3O3S/c1-5-19-12-8-10(6-7-11(12)14)15-9-13(2,3)16-20(4,17)18/h6-8,15-16H,5,9,14H2,1-4H3. The van der Waals surface area contributed by atoms with Crippen LogP contribution in [-0.2, 0) is 10.0 Å². The summed E-state index contributed by atoms with van der Waals surface area (Å²) in [5.41, 5.74) is 6.60. The summed E-state index contributed by atoms with van der Waals surface area (Å²) < 4.78 is 30.5. The van der Waals surface area contributed by atoms with Crippen molar-refractivity contribution in [1.29, 1.82) is 0 Å². The van der Waals surface area contributed by atoms with E-state index in [0.29, 0.717) is 24.6 Å². The number of sulfonamides is 1. The smallest absolute Gasteiger partial charge is 0.209 e. The average molecular weight is 301 g/mol. The normalized spacial score (nSPS) is 12.2. The summed E-state index contributed by atoms with van der Waals surface area (Å²) in [5, 5.41) is 3.17. The Bertz CT molecular complexity index is 556. The van der Waals surface area contributed by atoms with Gasteiger partial charge < -0.3 is 15.8 Å². The first-order valence-corrected chi connectivity index (χ1v) is 8.27. The highest BCUT2D eigenvalue weighted by Gasteiger charge is 2.21. The van der Waals surface area contributed by atoms with Crippen molar-refractivity contribution in [1.82, 2.24) is 4.72 Å². The van der Waals surface area contributed by atoms with Gasteiger partial charge in [0, 0.05) is 23.8 Å². The Balaban J connectivity index is 2.72. The van der Waals surface area contributed by atoms with Crippen LogP contribution in [0.2, 0.25) is 0 Å². The maximum absolute atomic E-state index is 11.3. The lowest BCUT2D eigenvalue weighted by Crippen LogP contribution is -2.47. The molecule has 6 nitrogen and oxygen atoms in total. The molecule has 0 atom stereocenters. The monoisotopic (exact) mass is 301 g/mol. The quantitative estimate of drug-likeness (QED) is 0.662. The molecule has 0 aromatic heterocycles. The molecular formula is C13H23N3O3S. The summed E-state index contributed by atoms with van der Waals surface area (Å²) in [6.45, 7) is 6.48. The first kappa shape index (κ1) is 16.6. The Morgan fingerprint density at radius 2 is 2.00 bits per heavy atom. The second-order valence-electron chi connectivity index (χ2n) is 5.30. The van der Waals surface area contributed by atoms with Crippen LogP contribution in [0.5, 0.6) is 5.75 Å². The van der Waals surface area contributed by atoms with Crippen LogP contribution in [0.25, 0.3) is 0 Å². The molecule has 20 heavy (non-hydrogen) atoms. The summed E-state index contributed by atoms with van der Waals surface area (Å²) in [6.07, 6.45) is 1.14. The molecule has 1 rings (SSSR count).